The third-order valence-corrected chi connectivity index (χ3v) is 3.00. The third kappa shape index (κ3) is 2.03. The van der Waals surface area contributed by atoms with Crippen LogP contribution in [-0.2, 0) is 0 Å². The molecule has 1 aromatic carbocycles. The molecule has 1 aliphatic heterocycles. The molecule has 0 radical (unpaired) electrons. The predicted molar refractivity (Wildman–Crippen MR) is 66.1 cm³/mol. The van der Waals surface area contributed by atoms with E-state index in [0.29, 0.717) is 0 Å². The number of hydrogen-bond acceptors (Lipinski definition) is 3. The second kappa shape index (κ2) is 4.24. The molecule has 16 heavy (non-hydrogen) atoms. The summed E-state index contributed by atoms with van der Waals surface area (Å²) >= 11 is 0. The molecular formula is C12H18ClNO2. The summed E-state index contributed by atoms with van der Waals surface area (Å²) in [5.41, 5.74) is 7.31. The van der Waals surface area contributed by atoms with Gasteiger partial charge in [-0.2, -0.15) is 0 Å². The van der Waals surface area contributed by atoms with Crippen LogP contribution in [0.4, 0.5) is 0 Å². The number of nitrogens with two attached hydrogens (primary N) is 1. The van der Waals surface area contributed by atoms with Crippen molar-refractivity contribution >= 4 is 12.4 Å². The first-order valence-corrected chi connectivity index (χ1v) is 5.15. The fourth-order valence-corrected chi connectivity index (χ4v) is 1.90. The highest BCUT2D eigenvalue weighted by molar-refractivity contribution is 5.85. The Morgan fingerprint density at radius 2 is 2.00 bits per heavy atom. The molecule has 0 spiro atoms. The van der Waals surface area contributed by atoms with E-state index in [1.807, 2.05) is 39.0 Å². The molecule has 3 N–H and O–H groups in total. The Kier molecular flexibility index (Phi) is 3.53. The molecule has 1 aliphatic rings. The minimum Gasteiger partial charge on any atom is -0.486 e. The first-order valence-electron chi connectivity index (χ1n) is 5.15. The van der Waals surface area contributed by atoms with Gasteiger partial charge >= 0.3 is 0 Å². The van der Waals surface area contributed by atoms with E-state index in [0.717, 1.165) is 16.9 Å². The van der Waals surface area contributed by atoms with Gasteiger partial charge in [0.25, 0.3) is 0 Å². The molecule has 2 rings (SSSR count). The van der Waals surface area contributed by atoms with Crippen molar-refractivity contribution in [3.8, 4) is 5.75 Å². The summed E-state index contributed by atoms with van der Waals surface area (Å²) < 4.78 is 5.80. The minimum absolute atomic E-state index is 0. The number of aryl methyl sites for hydroxylation is 1. The molecule has 90 valence electrons. The van der Waals surface area contributed by atoms with Crippen LogP contribution in [0.1, 0.15) is 31.1 Å². The van der Waals surface area contributed by atoms with Gasteiger partial charge in [-0.1, -0.05) is 12.1 Å². The van der Waals surface area contributed by atoms with Crippen LogP contribution in [0.15, 0.2) is 18.2 Å². The lowest BCUT2D eigenvalue weighted by Gasteiger charge is -2.41. The van der Waals surface area contributed by atoms with Crippen molar-refractivity contribution in [3.63, 3.8) is 0 Å². The van der Waals surface area contributed by atoms with Crippen molar-refractivity contribution in [2.45, 2.75) is 38.5 Å². The summed E-state index contributed by atoms with van der Waals surface area (Å²) in [6, 6.07) is 5.38. The van der Waals surface area contributed by atoms with Gasteiger partial charge in [-0.3, -0.25) is 0 Å². The standard InChI is InChI=1S/C12H17NO2.ClH/c1-7-4-5-8-9(6-7)15-12(2,3)11(13)10(8)14;/h4-6,10-11,14H,13H2,1-3H3;1H. The van der Waals surface area contributed by atoms with Gasteiger partial charge in [0.05, 0.1) is 6.04 Å². The van der Waals surface area contributed by atoms with Crippen LogP contribution < -0.4 is 10.5 Å². The van der Waals surface area contributed by atoms with Crippen molar-refractivity contribution in [1.82, 2.24) is 0 Å². The largest absolute Gasteiger partial charge is 0.486 e. The van der Waals surface area contributed by atoms with Gasteiger partial charge in [-0.05, 0) is 32.4 Å². The monoisotopic (exact) mass is 243 g/mol. The molecule has 0 saturated heterocycles. The number of aliphatic hydroxyl groups is 1. The predicted octanol–water partition coefficient (Wildman–Crippen LogP) is 1.95. The molecule has 0 amide bonds. The van der Waals surface area contributed by atoms with Crippen LogP contribution in [0, 0.1) is 6.92 Å². The maximum absolute atomic E-state index is 10.1. The maximum atomic E-state index is 10.1. The number of halogens is 1. The van der Waals surface area contributed by atoms with E-state index in [9.17, 15) is 5.11 Å². The van der Waals surface area contributed by atoms with Gasteiger partial charge in [0, 0.05) is 5.56 Å². The summed E-state index contributed by atoms with van der Waals surface area (Å²) in [5, 5.41) is 10.1. The zero-order valence-electron chi connectivity index (χ0n) is 9.73. The van der Waals surface area contributed by atoms with E-state index < -0.39 is 17.7 Å². The van der Waals surface area contributed by atoms with Gasteiger partial charge in [-0.25, -0.2) is 0 Å². The Labute approximate surface area is 102 Å². The summed E-state index contributed by atoms with van der Waals surface area (Å²) in [6.45, 7) is 5.79. The Morgan fingerprint density at radius 3 is 2.62 bits per heavy atom. The lowest BCUT2D eigenvalue weighted by molar-refractivity contribution is -0.0117. The van der Waals surface area contributed by atoms with Gasteiger partial charge in [0.1, 0.15) is 17.5 Å². The fourth-order valence-electron chi connectivity index (χ4n) is 1.90. The molecular weight excluding hydrogens is 226 g/mol. The molecule has 0 bridgehead atoms. The van der Waals surface area contributed by atoms with Crippen LogP contribution in [0.2, 0.25) is 0 Å². The topological polar surface area (TPSA) is 55.5 Å². The third-order valence-electron chi connectivity index (χ3n) is 3.00. The quantitative estimate of drug-likeness (QED) is 0.732. The van der Waals surface area contributed by atoms with E-state index >= 15 is 0 Å². The molecule has 0 aromatic heterocycles. The summed E-state index contributed by atoms with van der Waals surface area (Å²) in [4.78, 5) is 0. The fraction of sp³-hybridized carbons (Fsp3) is 0.500. The van der Waals surface area contributed by atoms with Crippen LogP contribution >= 0.6 is 12.4 Å². The average Bonchev–Trinajstić information content (AvgIpc) is 2.13. The smallest absolute Gasteiger partial charge is 0.126 e. The number of ether oxygens (including phenoxy) is 1. The molecule has 2 unspecified atom stereocenters. The second-order valence-electron chi connectivity index (χ2n) is 4.72. The zero-order valence-corrected chi connectivity index (χ0v) is 10.5. The molecule has 0 saturated carbocycles. The minimum atomic E-state index is -0.649. The Bertz CT molecular complexity index is 393. The van der Waals surface area contributed by atoms with Crippen LogP contribution in [-0.4, -0.2) is 16.7 Å². The van der Waals surface area contributed by atoms with E-state index in [1.54, 1.807) is 0 Å². The normalized spacial score (nSPS) is 26.3. The number of hydrogen-bond donors (Lipinski definition) is 2. The SMILES string of the molecule is Cc1ccc2c(c1)OC(C)(C)C(N)C2O.Cl. The highest BCUT2D eigenvalue weighted by Gasteiger charge is 2.40. The van der Waals surface area contributed by atoms with Crippen molar-refractivity contribution in [2.24, 2.45) is 5.73 Å². The Morgan fingerprint density at radius 1 is 1.38 bits per heavy atom. The molecule has 0 fully saturated rings. The lowest BCUT2D eigenvalue weighted by Crippen LogP contribution is -2.53. The first-order chi connectivity index (χ1) is 6.92. The van der Waals surface area contributed by atoms with Crippen LogP contribution in [0.5, 0.6) is 5.75 Å². The Hall–Kier alpha value is -0.770. The van der Waals surface area contributed by atoms with E-state index in [2.05, 4.69) is 0 Å². The van der Waals surface area contributed by atoms with E-state index in [1.165, 1.54) is 0 Å². The molecule has 4 heteroatoms. The van der Waals surface area contributed by atoms with Gasteiger partial charge < -0.3 is 15.6 Å². The van der Waals surface area contributed by atoms with Crippen LogP contribution in [0.25, 0.3) is 0 Å². The second-order valence-corrected chi connectivity index (χ2v) is 4.72. The molecule has 2 atom stereocenters. The summed E-state index contributed by atoms with van der Waals surface area (Å²) in [5.74, 6) is 0.745. The molecule has 3 nitrogen and oxygen atoms in total. The molecule has 1 aromatic rings. The van der Waals surface area contributed by atoms with Gasteiger partial charge in [0.2, 0.25) is 0 Å². The van der Waals surface area contributed by atoms with Crippen molar-refractivity contribution in [3.05, 3.63) is 29.3 Å². The van der Waals surface area contributed by atoms with Crippen LogP contribution in [0.3, 0.4) is 0 Å². The zero-order chi connectivity index (χ0) is 11.2. The number of rotatable bonds is 0. The van der Waals surface area contributed by atoms with E-state index in [-0.39, 0.29) is 12.4 Å². The first kappa shape index (κ1) is 13.3. The van der Waals surface area contributed by atoms with Crippen molar-refractivity contribution in [1.29, 1.82) is 0 Å². The highest BCUT2D eigenvalue weighted by atomic mass is 35.5. The molecule has 0 aliphatic carbocycles. The highest BCUT2D eigenvalue weighted by Crippen LogP contribution is 2.38. The maximum Gasteiger partial charge on any atom is 0.126 e. The molecule has 1 heterocycles. The van der Waals surface area contributed by atoms with Crippen molar-refractivity contribution in [2.75, 3.05) is 0 Å². The number of fused-ring (bicyclic) bond motifs is 1. The van der Waals surface area contributed by atoms with Crippen molar-refractivity contribution < 1.29 is 9.84 Å². The summed E-state index contributed by atoms with van der Waals surface area (Å²) in [7, 11) is 0. The van der Waals surface area contributed by atoms with Gasteiger partial charge in [0.15, 0.2) is 0 Å². The lowest BCUT2D eigenvalue weighted by atomic mass is 9.86. The van der Waals surface area contributed by atoms with E-state index in [4.69, 9.17) is 10.5 Å². The van der Waals surface area contributed by atoms with Gasteiger partial charge in [-0.15, -0.1) is 12.4 Å². The number of aliphatic hydroxyl groups excluding tert-OH is 1. The Balaban J connectivity index is 0.00000128. The summed E-state index contributed by atoms with van der Waals surface area (Å²) in [6.07, 6.45) is -0.649. The average molecular weight is 244 g/mol. The number of benzene rings is 1.